The zero-order chi connectivity index (χ0) is 20.9. The highest BCUT2D eigenvalue weighted by atomic mass is 19.4. The molecule has 0 bridgehead atoms. The molecule has 6 nitrogen and oxygen atoms in total. The van der Waals surface area contributed by atoms with Crippen LogP contribution >= 0.6 is 0 Å². The number of benzene rings is 1. The molecule has 2 N–H and O–H groups in total. The summed E-state index contributed by atoms with van der Waals surface area (Å²) in [6.45, 7) is 1.27. The van der Waals surface area contributed by atoms with Gasteiger partial charge in [-0.1, -0.05) is 6.07 Å². The number of ether oxygens (including phenoxy) is 1. The molecule has 0 atom stereocenters. The van der Waals surface area contributed by atoms with Gasteiger partial charge in [-0.05, 0) is 30.3 Å². The van der Waals surface area contributed by atoms with Crippen molar-refractivity contribution in [1.29, 1.82) is 0 Å². The molecule has 2 heterocycles. The first kappa shape index (κ1) is 20.7. The van der Waals surface area contributed by atoms with Gasteiger partial charge in [-0.25, -0.2) is 14.4 Å². The molecule has 0 saturated carbocycles. The maximum Gasteiger partial charge on any atom is 0.422 e. The number of alkyl halides is 3. The second-order valence-corrected chi connectivity index (χ2v) is 6.50. The van der Waals surface area contributed by atoms with Crippen LogP contribution < -0.4 is 15.4 Å². The number of halogens is 4. The van der Waals surface area contributed by atoms with Gasteiger partial charge in [-0.3, -0.25) is 0 Å². The van der Waals surface area contributed by atoms with Crippen molar-refractivity contribution in [3.05, 3.63) is 54.0 Å². The van der Waals surface area contributed by atoms with E-state index in [4.69, 9.17) is 10.5 Å². The predicted octanol–water partition coefficient (Wildman–Crippen LogP) is 2.80. The average molecular weight is 411 g/mol. The zero-order valence-corrected chi connectivity index (χ0v) is 15.6. The van der Waals surface area contributed by atoms with Gasteiger partial charge in [-0.15, -0.1) is 0 Å². The molecule has 2 aromatic rings. The summed E-state index contributed by atoms with van der Waals surface area (Å²) in [5, 5.41) is 0. The van der Waals surface area contributed by atoms with Crippen molar-refractivity contribution in [2.45, 2.75) is 12.7 Å². The lowest BCUT2D eigenvalue weighted by atomic mass is 10.2. The van der Waals surface area contributed by atoms with Crippen LogP contribution in [0.1, 0.15) is 5.56 Å². The molecule has 0 spiro atoms. The summed E-state index contributed by atoms with van der Waals surface area (Å²) >= 11 is 0. The smallest absolute Gasteiger partial charge is 0.422 e. The highest BCUT2D eigenvalue weighted by Gasteiger charge is 2.29. The Morgan fingerprint density at radius 1 is 1.10 bits per heavy atom. The molecule has 1 aromatic heterocycles. The number of nitrogens with zero attached hydrogens (tertiary/aromatic N) is 4. The Kier molecular flexibility index (Phi) is 6.40. The van der Waals surface area contributed by atoms with Crippen molar-refractivity contribution in [3.63, 3.8) is 0 Å². The minimum atomic E-state index is -4.44. The highest BCUT2D eigenvalue weighted by Crippen LogP contribution is 2.21. The van der Waals surface area contributed by atoms with Gasteiger partial charge in [0.05, 0.1) is 6.54 Å². The third-order valence-corrected chi connectivity index (χ3v) is 4.43. The van der Waals surface area contributed by atoms with Crippen molar-refractivity contribution in [3.8, 4) is 5.88 Å². The molecule has 29 heavy (non-hydrogen) atoms. The molecule has 1 aliphatic rings. The molecule has 1 saturated heterocycles. The van der Waals surface area contributed by atoms with Crippen molar-refractivity contribution in [2.24, 2.45) is 10.7 Å². The van der Waals surface area contributed by atoms with E-state index in [1.54, 1.807) is 24.3 Å². The Morgan fingerprint density at radius 2 is 1.79 bits per heavy atom. The van der Waals surface area contributed by atoms with Gasteiger partial charge in [0, 0.05) is 43.6 Å². The van der Waals surface area contributed by atoms with Gasteiger partial charge in [0.1, 0.15) is 5.82 Å². The quantitative estimate of drug-likeness (QED) is 0.466. The second-order valence-electron chi connectivity index (χ2n) is 6.50. The Labute approximate surface area is 165 Å². The largest absolute Gasteiger partial charge is 0.468 e. The summed E-state index contributed by atoms with van der Waals surface area (Å²) < 4.78 is 54.9. The highest BCUT2D eigenvalue weighted by molar-refractivity contribution is 5.78. The first-order chi connectivity index (χ1) is 13.8. The summed E-state index contributed by atoms with van der Waals surface area (Å²) in [6.07, 6.45) is -3.09. The Bertz CT molecular complexity index is 833. The monoisotopic (exact) mass is 411 g/mol. The van der Waals surface area contributed by atoms with Crippen LogP contribution in [-0.2, 0) is 6.54 Å². The van der Waals surface area contributed by atoms with E-state index in [0.29, 0.717) is 37.7 Å². The van der Waals surface area contributed by atoms with E-state index in [1.165, 1.54) is 18.3 Å². The van der Waals surface area contributed by atoms with Gasteiger partial charge < -0.3 is 20.3 Å². The molecule has 0 unspecified atom stereocenters. The number of piperazine rings is 1. The van der Waals surface area contributed by atoms with Crippen LogP contribution in [0, 0.1) is 5.82 Å². The Hall–Kier alpha value is -3.04. The summed E-state index contributed by atoms with van der Waals surface area (Å²) in [5.41, 5.74) is 7.41. The van der Waals surface area contributed by atoms with Crippen molar-refractivity contribution in [2.75, 3.05) is 37.7 Å². The topological polar surface area (TPSA) is 67.0 Å². The number of rotatable bonds is 5. The SMILES string of the molecule is NC(=NCc1cccnc1OCC(F)(F)F)N1CCN(c2ccc(F)cc2)CC1. The van der Waals surface area contributed by atoms with E-state index in [9.17, 15) is 17.6 Å². The first-order valence-electron chi connectivity index (χ1n) is 9.00. The lowest BCUT2D eigenvalue weighted by molar-refractivity contribution is -0.154. The van der Waals surface area contributed by atoms with E-state index in [1.807, 2.05) is 4.90 Å². The summed E-state index contributed by atoms with van der Waals surface area (Å²) in [6, 6.07) is 9.50. The summed E-state index contributed by atoms with van der Waals surface area (Å²) in [5.74, 6) is -0.0883. The fourth-order valence-corrected chi connectivity index (χ4v) is 2.94. The fraction of sp³-hybridized carbons (Fsp3) is 0.368. The first-order valence-corrected chi connectivity index (χ1v) is 9.00. The Balaban J connectivity index is 1.56. The molecular weight excluding hydrogens is 390 g/mol. The van der Waals surface area contributed by atoms with Crippen LogP contribution in [0.25, 0.3) is 0 Å². The van der Waals surface area contributed by atoms with Gasteiger partial charge in [-0.2, -0.15) is 13.2 Å². The number of hydrogen-bond donors (Lipinski definition) is 1. The van der Waals surface area contributed by atoms with Crippen LogP contribution in [-0.4, -0.2) is 54.8 Å². The molecule has 1 aliphatic heterocycles. The van der Waals surface area contributed by atoms with Crippen LogP contribution in [0.3, 0.4) is 0 Å². The lowest BCUT2D eigenvalue weighted by Gasteiger charge is -2.36. The van der Waals surface area contributed by atoms with Crippen LogP contribution in [0.5, 0.6) is 5.88 Å². The molecular formula is C19H21F4N5O. The van der Waals surface area contributed by atoms with Crippen molar-refractivity contribution >= 4 is 11.6 Å². The molecule has 0 amide bonds. The molecule has 1 aromatic carbocycles. The van der Waals surface area contributed by atoms with Gasteiger partial charge in [0.2, 0.25) is 5.88 Å². The zero-order valence-electron chi connectivity index (χ0n) is 15.6. The Morgan fingerprint density at radius 3 is 2.45 bits per heavy atom. The van der Waals surface area contributed by atoms with Gasteiger partial charge >= 0.3 is 6.18 Å². The molecule has 0 radical (unpaired) electrons. The number of nitrogens with two attached hydrogens (primary N) is 1. The second kappa shape index (κ2) is 8.97. The molecule has 10 heteroatoms. The molecule has 3 rings (SSSR count). The normalized spacial score (nSPS) is 15.5. The number of pyridine rings is 1. The fourth-order valence-electron chi connectivity index (χ4n) is 2.94. The predicted molar refractivity (Wildman–Crippen MR) is 101 cm³/mol. The van der Waals surface area contributed by atoms with E-state index >= 15 is 0 Å². The van der Waals surface area contributed by atoms with Crippen molar-refractivity contribution < 1.29 is 22.3 Å². The minimum absolute atomic E-state index is 0.0606. The third kappa shape index (κ3) is 5.97. The van der Waals surface area contributed by atoms with Gasteiger partial charge in [0.15, 0.2) is 12.6 Å². The number of aliphatic imine (C=N–C) groups is 1. The number of guanidine groups is 1. The van der Waals surface area contributed by atoms with E-state index in [-0.39, 0.29) is 18.2 Å². The number of hydrogen-bond acceptors (Lipinski definition) is 4. The summed E-state index contributed by atoms with van der Waals surface area (Å²) in [4.78, 5) is 12.1. The standard InChI is InChI=1S/C19H21F4N5O/c20-15-3-5-16(6-4-15)27-8-10-28(11-9-27)18(24)26-12-14-2-1-7-25-17(14)29-13-19(21,22)23/h1-7H,8-13H2,(H2,24,26). The van der Waals surface area contributed by atoms with Crippen LogP contribution in [0.4, 0.5) is 23.2 Å². The summed E-state index contributed by atoms with van der Waals surface area (Å²) in [7, 11) is 0. The maximum absolute atomic E-state index is 13.1. The minimum Gasteiger partial charge on any atom is -0.468 e. The molecule has 1 fully saturated rings. The van der Waals surface area contributed by atoms with E-state index in [2.05, 4.69) is 14.9 Å². The van der Waals surface area contributed by atoms with E-state index in [0.717, 1.165) is 5.69 Å². The molecule has 156 valence electrons. The number of aromatic nitrogens is 1. The number of anilines is 1. The maximum atomic E-state index is 13.1. The van der Waals surface area contributed by atoms with Gasteiger partial charge in [0.25, 0.3) is 0 Å². The molecule has 0 aliphatic carbocycles. The van der Waals surface area contributed by atoms with Crippen LogP contribution in [0.15, 0.2) is 47.6 Å². The van der Waals surface area contributed by atoms with Crippen molar-refractivity contribution in [1.82, 2.24) is 9.88 Å². The average Bonchev–Trinajstić information content (AvgIpc) is 2.71. The van der Waals surface area contributed by atoms with Crippen LogP contribution in [0.2, 0.25) is 0 Å². The lowest BCUT2D eigenvalue weighted by Crippen LogP contribution is -2.51. The third-order valence-electron chi connectivity index (χ3n) is 4.43. The van der Waals surface area contributed by atoms with E-state index < -0.39 is 12.8 Å².